The third-order valence-electron chi connectivity index (χ3n) is 6.04. The third kappa shape index (κ3) is 6.44. The molecule has 1 heterocycles. The first-order valence-corrected chi connectivity index (χ1v) is 12.6. The van der Waals surface area contributed by atoms with Gasteiger partial charge in [0.2, 0.25) is 12.4 Å². The molecule has 7 heteroatoms. The first-order valence-electron chi connectivity index (χ1n) is 12.6. The highest BCUT2D eigenvalue weighted by atomic mass is 16.7. The van der Waals surface area contributed by atoms with Crippen molar-refractivity contribution < 1.29 is 33.3 Å². The fraction of sp³-hybridized carbons (Fsp3) is 0.121. The van der Waals surface area contributed by atoms with Crippen LogP contribution in [0.5, 0.6) is 0 Å². The standard InChI is InChI=1S/C33H24O7/c34-30(24-15-7-2-8-16-24)38-28-27(22-21-23-13-5-1-6-14-23)37-33(40-32(36)26-19-11-4-12-20-26)29(28)39-31(35)25-17-9-3-10-18-25/h1-20,27-29,33H/t27-,28+,29+,33+/m1/s1. The molecule has 0 bridgehead atoms. The second kappa shape index (κ2) is 12.6. The molecule has 0 N–H and O–H groups in total. The Bertz CT molecular complexity index is 1510. The summed E-state index contributed by atoms with van der Waals surface area (Å²) in [5, 5.41) is 0. The quantitative estimate of drug-likeness (QED) is 0.195. The molecule has 0 amide bonds. The Morgan fingerprint density at radius 3 is 1.40 bits per heavy atom. The summed E-state index contributed by atoms with van der Waals surface area (Å²) in [6.45, 7) is 0. The molecule has 4 atom stereocenters. The van der Waals surface area contributed by atoms with Crippen LogP contribution in [0.4, 0.5) is 0 Å². The molecule has 0 aromatic heterocycles. The number of ether oxygens (including phenoxy) is 4. The number of benzene rings is 4. The van der Waals surface area contributed by atoms with Gasteiger partial charge in [0.1, 0.15) is 0 Å². The van der Waals surface area contributed by atoms with Crippen LogP contribution in [0.15, 0.2) is 121 Å². The summed E-state index contributed by atoms with van der Waals surface area (Å²) in [4.78, 5) is 39.1. The van der Waals surface area contributed by atoms with Gasteiger partial charge in [0, 0.05) is 5.56 Å². The average Bonchev–Trinajstić information content (AvgIpc) is 3.32. The first-order chi connectivity index (χ1) is 19.6. The number of hydrogen-bond acceptors (Lipinski definition) is 7. The molecule has 0 spiro atoms. The predicted octanol–water partition coefficient (Wildman–Crippen LogP) is 5.07. The zero-order valence-corrected chi connectivity index (χ0v) is 21.2. The van der Waals surface area contributed by atoms with Crippen LogP contribution in [0.1, 0.15) is 36.6 Å². The van der Waals surface area contributed by atoms with Crippen LogP contribution < -0.4 is 0 Å². The van der Waals surface area contributed by atoms with E-state index in [1.54, 1.807) is 91.0 Å². The molecule has 4 aromatic carbocycles. The minimum atomic E-state index is -1.40. The minimum absolute atomic E-state index is 0.266. The van der Waals surface area contributed by atoms with Gasteiger partial charge in [0.15, 0.2) is 12.2 Å². The van der Waals surface area contributed by atoms with Crippen molar-refractivity contribution in [2.24, 2.45) is 0 Å². The summed E-state index contributed by atoms with van der Waals surface area (Å²) < 4.78 is 23.3. The SMILES string of the molecule is O=C(O[C@@H]1O[C@H](C#Cc2ccccc2)[C@H](OC(=O)c2ccccc2)[C@@H]1OC(=O)c1ccccc1)c1ccccc1. The maximum atomic E-state index is 13.1. The van der Waals surface area contributed by atoms with Gasteiger partial charge < -0.3 is 18.9 Å². The van der Waals surface area contributed by atoms with Gasteiger partial charge in [-0.1, -0.05) is 84.6 Å². The van der Waals surface area contributed by atoms with E-state index in [4.69, 9.17) is 18.9 Å². The van der Waals surface area contributed by atoms with Gasteiger partial charge >= 0.3 is 17.9 Å². The highest BCUT2D eigenvalue weighted by Crippen LogP contribution is 2.30. The Balaban J connectivity index is 1.49. The maximum Gasteiger partial charge on any atom is 0.340 e. The van der Waals surface area contributed by atoms with E-state index in [0.29, 0.717) is 5.56 Å². The van der Waals surface area contributed by atoms with Gasteiger partial charge in [-0.05, 0) is 48.5 Å². The zero-order valence-electron chi connectivity index (χ0n) is 21.2. The van der Waals surface area contributed by atoms with Gasteiger partial charge in [-0.15, -0.1) is 0 Å². The Labute approximate surface area is 231 Å². The normalized spacial score (nSPS) is 19.5. The Morgan fingerprint density at radius 1 is 0.525 bits per heavy atom. The van der Waals surface area contributed by atoms with Crippen LogP contribution in [-0.2, 0) is 18.9 Å². The molecule has 1 fully saturated rings. The smallest absolute Gasteiger partial charge is 0.340 e. The van der Waals surface area contributed by atoms with Crippen LogP contribution in [0.25, 0.3) is 0 Å². The fourth-order valence-corrected chi connectivity index (χ4v) is 4.04. The number of hydrogen-bond donors (Lipinski definition) is 0. The van der Waals surface area contributed by atoms with Gasteiger partial charge in [-0.2, -0.15) is 0 Å². The van der Waals surface area contributed by atoms with Crippen molar-refractivity contribution in [1.82, 2.24) is 0 Å². The lowest BCUT2D eigenvalue weighted by atomic mass is 10.1. The monoisotopic (exact) mass is 532 g/mol. The maximum absolute atomic E-state index is 13.1. The van der Waals surface area contributed by atoms with E-state index in [1.165, 1.54) is 0 Å². The van der Waals surface area contributed by atoms with Crippen LogP contribution >= 0.6 is 0 Å². The molecule has 1 saturated heterocycles. The van der Waals surface area contributed by atoms with E-state index >= 15 is 0 Å². The number of esters is 3. The second-order valence-electron chi connectivity index (χ2n) is 8.80. The topological polar surface area (TPSA) is 88.1 Å². The molecule has 40 heavy (non-hydrogen) atoms. The molecular weight excluding hydrogens is 508 g/mol. The zero-order chi connectivity index (χ0) is 27.7. The van der Waals surface area contributed by atoms with Gasteiger partial charge in [-0.3, -0.25) is 0 Å². The van der Waals surface area contributed by atoms with Crippen LogP contribution in [-0.4, -0.2) is 42.5 Å². The summed E-state index contributed by atoms with van der Waals surface area (Å²) in [7, 11) is 0. The van der Waals surface area contributed by atoms with E-state index < -0.39 is 42.5 Å². The summed E-state index contributed by atoms with van der Waals surface area (Å²) >= 11 is 0. The van der Waals surface area contributed by atoms with Gasteiger partial charge in [0.05, 0.1) is 16.7 Å². The van der Waals surface area contributed by atoms with Crippen molar-refractivity contribution >= 4 is 17.9 Å². The van der Waals surface area contributed by atoms with Crippen molar-refractivity contribution in [3.8, 4) is 11.8 Å². The molecule has 1 aliphatic heterocycles. The van der Waals surface area contributed by atoms with Gasteiger partial charge in [-0.25, -0.2) is 14.4 Å². The number of carbonyl (C=O) groups excluding carboxylic acids is 3. The van der Waals surface area contributed by atoms with Crippen molar-refractivity contribution in [3.05, 3.63) is 144 Å². The van der Waals surface area contributed by atoms with Crippen molar-refractivity contribution in [3.63, 3.8) is 0 Å². The predicted molar refractivity (Wildman–Crippen MR) is 145 cm³/mol. The molecule has 0 saturated carbocycles. The molecule has 0 aliphatic carbocycles. The Morgan fingerprint density at radius 2 is 0.925 bits per heavy atom. The fourth-order valence-electron chi connectivity index (χ4n) is 4.04. The minimum Gasteiger partial charge on any atom is -0.451 e. The van der Waals surface area contributed by atoms with E-state index in [9.17, 15) is 14.4 Å². The average molecular weight is 533 g/mol. The summed E-state index contributed by atoms with van der Waals surface area (Å²) in [5.41, 5.74) is 1.52. The highest BCUT2D eigenvalue weighted by Gasteiger charge is 2.51. The van der Waals surface area contributed by atoms with E-state index in [-0.39, 0.29) is 16.7 Å². The highest BCUT2D eigenvalue weighted by molar-refractivity contribution is 5.91. The summed E-state index contributed by atoms with van der Waals surface area (Å²) in [6.07, 6.45) is -4.98. The second-order valence-corrected chi connectivity index (χ2v) is 8.80. The molecule has 198 valence electrons. The van der Waals surface area contributed by atoms with Crippen LogP contribution in [0, 0.1) is 11.8 Å². The van der Waals surface area contributed by atoms with Crippen LogP contribution in [0.3, 0.4) is 0 Å². The lowest BCUT2D eigenvalue weighted by Crippen LogP contribution is -2.41. The molecule has 4 aromatic rings. The lowest BCUT2D eigenvalue weighted by molar-refractivity contribution is -0.130. The van der Waals surface area contributed by atoms with E-state index in [0.717, 1.165) is 0 Å². The molecule has 1 aliphatic rings. The van der Waals surface area contributed by atoms with Crippen molar-refractivity contribution in [2.75, 3.05) is 0 Å². The molecule has 0 radical (unpaired) electrons. The van der Waals surface area contributed by atoms with Crippen molar-refractivity contribution in [1.29, 1.82) is 0 Å². The lowest BCUT2D eigenvalue weighted by Gasteiger charge is -2.23. The third-order valence-corrected chi connectivity index (χ3v) is 6.04. The van der Waals surface area contributed by atoms with E-state index in [2.05, 4.69) is 11.8 Å². The summed E-state index contributed by atoms with van der Waals surface area (Å²) in [5.74, 6) is 3.88. The Hall–Kier alpha value is -5.19. The van der Waals surface area contributed by atoms with Gasteiger partial charge in [0.25, 0.3) is 0 Å². The van der Waals surface area contributed by atoms with Crippen molar-refractivity contribution in [2.45, 2.75) is 24.6 Å². The summed E-state index contributed by atoms with van der Waals surface area (Å²) in [6, 6.07) is 34.2. The Kier molecular flexibility index (Phi) is 8.30. The van der Waals surface area contributed by atoms with E-state index in [1.807, 2.05) is 30.3 Å². The molecule has 7 nitrogen and oxygen atoms in total. The number of rotatable bonds is 6. The first kappa shape index (κ1) is 26.4. The largest absolute Gasteiger partial charge is 0.451 e. The number of carbonyl (C=O) groups is 3. The molecule has 0 unspecified atom stereocenters. The van der Waals surface area contributed by atoms with Crippen LogP contribution in [0.2, 0.25) is 0 Å². The molecular formula is C33H24O7. The molecule has 5 rings (SSSR count).